The molecule has 0 saturated carbocycles. The van der Waals surface area contributed by atoms with Gasteiger partial charge in [-0.3, -0.25) is 14.2 Å². The van der Waals surface area contributed by atoms with Gasteiger partial charge in [-0.15, -0.1) is 0 Å². The monoisotopic (exact) mass is 675 g/mol. The van der Waals surface area contributed by atoms with Crippen LogP contribution in [0.3, 0.4) is 0 Å². The van der Waals surface area contributed by atoms with Crippen molar-refractivity contribution in [3.63, 3.8) is 0 Å². The number of rotatable bonds is 17. The van der Waals surface area contributed by atoms with E-state index in [1.165, 1.54) is 10.8 Å². The second-order valence-corrected chi connectivity index (χ2v) is 12.2. The third-order valence-electron chi connectivity index (χ3n) is 6.50. The minimum absolute atomic E-state index is 0.0619. The SMILES string of the molecule is CCOC(=O)Cn1c(Cl)cnc(N(CCNCCCCOc2ccc(Cl)cc2CNC(=O)OC(C)(C)C)Cc2ccccc2)c1=O. The van der Waals surface area contributed by atoms with E-state index in [2.05, 4.69) is 15.6 Å². The van der Waals surface area contributed by atoms with E-state index in [0.29, 0.717) is 37.0 Å². The van der Waals surface area contributed by atoms with E-state index in [1.54, 1.807) is 45.9 Å². The van der Waals surface area contributed by atoms with Gasteiger partial charge >= 0.3 is 12.1 Å². The number of ether oxygens (including phenoxy) is 3. The highest BCUT2D eigenvalue weighted by Gasteiger charge is 2.19. The van der Waals surface area contributed by atoms with Gasteiger partial charge in [0.2, 0.25) is 0 Å². The van der Waals surface area contributed by atoms with Gasteiger partial charge in [0.05, 0.1) is 19.4 Å². The summed E-state index contributed by atoms with van der Waals surface area (Å²) >= 11 is 12.4. The summed E-state index contributed by atoms with van der Waals surface area (Å²) in [5.41, 5.74) is 0.713. The average Bonchev–Trinajstić information content (AvgIpc) is 2.99. The lowest BCUT2D eigenvalue weighted by Crippen LogP contribution is -2.38. The van der Waals surface area contributed by atoms with Crippen LogP contribution in [0.2, 0.25) is 10.2 Å². The topological polar surface area (TPSA) is 124 Å². The maximum Gasteiger partial charge on any atom is 0.407 e. The molecule has 0 aliphatic rings. The lowest BCUT2D eigenvalue weighted by atomic mass is 10.2. The molecule has 0 spiro atoms. The van der Waals surface area contributed by atoms with E-state index in [4.69, 9.17) is 37.4 Å². The number of anilines is 1. The summed E-state index contributed by atoms with van der Waals surface area (Å²) in [6.45, 7) is 10.0. The number of esters is 1. The second-order valence-electron chi connectivity index (χ2n) is 11.4. The molecule has 13 heteroatoms. The lowest BCUT2D eigenvalue weighted by Gasteiger charge is -2.24. The number of amides is 1. The number of nitrogens with zero attached hydrogens (tertiary/aromatic N) is 3. The summed E-state index contributed by atoms with van der Waals surface area (Å²) in [5, 5.41) is 6.77. The molecule has 3 rings (SSSR count). The summed E-state index contributed by atoms with van der Waals surface area (Å²) in [5.74, 6) is 0.301. The minimum atomic E-state index is -0.592. The lowest BCUT2D eigenvalue weighted by molar-refractivity contribution is -0.143. The first-order chi connectivity index (χ1) is 22.0. The van der Waals surface area contributed by atoms with Crippen LogP contribution >= 0.6 is 23.2 Å². The molecular weight excluding hydrogens is 633 g/mol. The number of hydrogen-bond acceptors (Lipinski definition) is 9. The van der Waals surface area contributed by atoms with Crippen molar-refractivity contribution >= 4 is 41.1 Å². The Bertz CT molecular complexity index is 1480. The van der Waals surface area contributed by atoms with Crippen molar-refractivity contribution in [1.82, 2.24) is 20.2 Å². The van der Waals surface area contributed by atoms with E-state index >= 15 is 0 Å². The Hall–Kier alpha value is -3.80. The number of carbonyl (C=O) groups is 2. The van der Waals surface area contributed by atoms with Crippen molar-refractivity contribution in [3.05, 3.63) is 86.4 Å². The molecule has 0 saturated heterocycles. The Kier molecular flexibility index (Phi) is 14.6. The number of nitrogens with one attached hydrogen (secondary N) is 2. The third kappa shape index (κ3) is 12.5. The molecule has 0 unspecified atom stereocenters. The summed E-state index contributed by atoms with van der Waals surface area (Å²) in [6, 6.07) is 15.1. The van der Waals surface area contributed by atoms with Gasteiger partial charge in [0, 0.05) is 36.8 Å². The largest absolute Gasteiger partial charge is 0.493 e. The number of unbranched alkanes of at least 4 members (excludes halogenated alkanes) is 1. The Labute approximate surface area is 280 Å². The average molecular weight is 677 g/mol. The molecule has 0 aliphatic heterocycles. The first kappa shape index (κ1) is 36.7. The van der Waals surface area contributed by atoms with Crippen LogP contribution in [-0.4, -0.2) is 60.1 Å². The van der Waals surface area contributed by atoms with Crippen molar-refractivity contribution < 1.29 is 23.8 Å². The third-order valence-corrected chi connectivity index (χ3v) is 7.04. The summed E-state index contributed by atoms with van der Waals surface area (Å²) < 4.78 is 17.5. The van der Waals surface area contributed by atoms with Crippen LogP contribution < -0.4 is 25.8 Å². The second kappa shape index (κ2) is 18.4. The summed E-state index contributed by atoms with van der Waals surface area (Å²) in [6.07, 6.45) is 2.51. The van der Waals surface area contributed by atoms with Crippen LogP contribution in [0.25, 0.3) is 0 Å². The number of benzene rings is 2. The Morgan fingerprint density at radius 1 is 1.04 bits per heavy atom. The highest BCUT2D eigenvalue weighted by molar-refractivity contribution is 6.30. The minimum Gasteiger partial charge on any atom is -0.493 e. The molecule has 46 heavy (non-hydrogen) atoms. The van der Waals surface area contributed by atoms with Crippen LogP contribution in [0.4, 0.5) is 10.6 Å². The zero-order valence-corrected chi connectivity index (χ0v) is 28.3. The first-order valence-electron chi connectivity index (χ1n) is 15.3. The van der Waals surface area contributed by atoms with E-state index in [-0.39, 0.29) is 30.7 Å². The highest BCUT2D eigenvalue weighted by Crippen LogP contribution is 2.23. The summed E-state index contributed by atoms with van der Waals surface area (Å²) in [7, 11) is 0. The molecule has 0 bridgehead atoms. The van der Waals surface area contributed by atoms with Gasteiger partial charge in [-0.25, -0.2) is 9.78 Å². The van der Waals surface area contributed by atoms with Crippen LogP contribution in [-0.2, 0) is 33.9 Å². The van der Waals surface area contributed by atoms with Crippen LogP contribution in [0, 0.1) is 0 Å². The van der Waals surface area contributed by atoms with Crippen molar-refractivity contribution in [2.45, 2.75) is 65.8 Å². The number of carbonyl (C=O) groups excluding carboxylic acids is 2. The molecular formula is C33H43Cl2N5O6. The van der Waals surface area contributed by atoms with Gasteiger partial charge < -0.3 is 29.7 Å². The predicted molar refractivity (Wildman–Crippen MR) is 180 cm³/mol. The molecule has 250 valence electrons. The van der Waals surface area contributed by atoms with E-state index < -0.39 is 23.2 Å². The predicted octanol–water partition coefficient (Wildman–Crippen LogP) is 5.59. The van der Waals surface area contributed by atoms with Crippen molar-refractivity contribution in [2.75, 3.05) is 37.7 Å². The molecule has 0 atom stereocenters. The van der Waals surface area contributed by atoms with Crippen LogP contribution in [0.1, 0.15) is 51.7 Å². The van der Waals surface area contributed by atoms with Gasteiger partial charge in [-0.05, 0) is 70.8 Å². The molecule has 1 heterocycles. The van der Waals surface area contributed by atoms with Gasteiger partial charge in [0.1, 0.15) is 23.0 Å². The van der Waals surface area contributed by atoms with Crippen molar-refractivity contribution in [3.8, 4) is 5.75 Å². The molecule has 3 aromatic rings. The molecule has 1 aromatic heterocycles. The van der Waals surface area contributed by atoms with Crippen LogP contribution in [0.15, 0.2) is 59.5 Å². The zero-order valence-electron chi connectivity index (χ0n) is 26.8. The fourth-order valence-corrected chi connectivity index (χ4v) is 4.78. The van der Waals surface area contributed by atoms with Crippen LogP contribution in [0.5, 0.6) is 5.75 Å². The number of alkyl carbamates (subject to hydrolysis) is 1. The molecule has 2 aromatic carbocycles. The Morgan fingerprint density at radius 3 is 2.52 bits per heavy atom. The zero-order chi connectivity index (χ0) is 33.5. The Balaban J connectivity index is 1.51. The maximum absolute atomic E-state index is 13.4. The van der Waals surface area contributed by atoms with E-state index in [0.717, 1.165) is 30.5 Å². The number of aromatic nitrogens is 2. The normalized spacial score (nSPS) is 11.2. The van der Waals surface area contributed by atoms with Gasteiger partial charge in [0.15, 0.2) is 5.82 Å². The quantitative estimate of drug-likeness (QED) is 0.139. The fourth-order valence-electron chi connectivity index (χ4n) is 4.40. The smallest absolute Gasteiger partial charge is 0.407 e. The van der Waals surface area contributed by atoms with Crippen molar-refractivity contribution in [2.24, 2.45) is 0 Å². The fraction of sp³-hybridized carbons (Fsp3) is 0.455. The number of hydrogen-bond donors (Lipinski definition) is 2. The van der Waals surface area contributed by atoms with Gasteiger partial charge in [-0.1, -0.05) is 53.5 Å². The molecule has 2 N–H and O–H groups in total. The van der Waals surface area contributed by atoms with Crippen molar-refractivity contribution in [1.29, 1.82) is 0 Å². The Morgan fingerprint density at radius 2 is 1.80 bits per heavy atom. The number of halogens is 2. The first-order valence-corrected chi connectivity index (χ1v) is 16.0. The maximum atomic E-state index is 13.4. The molecule has 0 radical (unpaired) electrons. The van der Waals surface area contributed by atoms with Gasteiger partial charge in [0.25, 0.3) is 5.56 Å². The molecule has 11 nitrogen and oxygen atoms in total. The summed E-state index contributed by atoms with van der Waals surface area (Å²) in [4.78, 5) is 43.7. The highest BCUT2D eigenvalue weighted by atomic mass is 35.5. The van der Waals surface area contributed by atoms with Gasteiger partial charge in [-0.2, -0.15) is 0 Å². The van der Waals surface area contributed by atoms with E-state index in [1.807, 2.05) is 35.2 Å². The van der Waals surface area contributed by atoms with E-state index in [9.17, 15) is 14.4 Å². The molecule has 0 aliphatic carbocycles. The standard InChI is InChI=1S/C33H43Cl2N5O6/c1-5-44-29(41)23-40-28(35)21-37-30(31(40)42)39(22-24-11-7-6-8-12-24)17-16-36-15-9-10-18-45-27-14-13-26(34)19-25(27)20-38-32(43)46-33(2,3)4/h6-8,11-14,19,21,36H,5,9-10,15-18,20,22-23H2,1-4H3,(H,38,43). The molecule has 0 fully saturated rings. The molecule has 1 amide bonds.